The predicted octanol–water partition coefficient (Wildman–Crippen LogP) is 3.02. The number of carbonyl (C=O) groups is 1. The normalized spacial score (nSPS) is 17.6. The summed E-state index contributed by atoms with van der Waals surface area (Å²) in [4.78, 5) is 11.8. The first kappa shape index (κ1) is 13.1. The first-order valence-corrected chi connectivity index (χ1v) is 5.84. The number of nitrogens with two attached hydrogens (primary N) is 1. The maximum atomic E-state index is 12.5. The molecule has 0 bridgehead atoms. The van der Waals surface area contributed by atoms with Crippen LogP contribution in [-0.2, 0) is 6.18 Å². The Morgan fingerprint density at radius 2 is 2.06 bits per heavy atom. The van der Waals surface area contributed by atoms with Gasteiger partial charge in [-0.2, -0.15) is 13.2 Å². The molecule has 0 radical (unpaired) electrons. The minimum absolute atomic E-state index is 0.0842. The van der Waals surface area contributed by atoms with Gasteiger partial charge in [-0.1, -0.05) is 12.1 Å². The van der Waals surface area contributed by atoms with Gasteiger partial charge in [0.2, 0.25) is 0 Å². The third-order valence-corrected chi connectivity index (χ3v) is 3.16. The SMILES string of the molecule is NC(CC(=O)c1cccc(C(F)(F)F)c1)C1CC1. The van der Waals surface area contributed by atoms with Crippen molar-refractivity contribution in [3.63, 3.8) is 0 Å². The van der Waals surface area contributed by atoms with Crippen molar-refractivity contribution in [2.75, 3.05) is 0 Å². The van der Waals surface area contributed by atoms with Gasteiger partial charge >= 0.3 is 6.18 Å². The molecule has 0 spiro atoms. The van der Waals surface area contributed by atoms with E-state index in [-0.39, 0.29) is 23.8 Å². The van der Waals surface area contributed by atoms with Crippen LogP contribution in [-0.4, -0.2) is 11.8 Å². The molecule has 1 aliphatic carbocycles. The van der Waals surface area contributed by atoms with Crippen LogP contribution in [0.15, 0.2) is 24.3 Å². The molecule has 2 N–H and O–H groups in total. The first-order valence-electron chi connectivity index (χ1n) is 5.84. The second-order valence-electron chi connectivity index (χ2n) is 4.71. The maximum absolute atomic E-state index is 12.5. The van der Waals surface area contributed by atoms with Crippen molar-refractivity contribution in [2.45, 2.75) is 31.5 Å². The Morgan fingerprint density at radius 1 is 1.39 bits per heavy atom. The van der Waals surface area contributed by atoms with E-state index >= 15 is 0 Å². The van der Waals surface area contributed by atoms with E-state index in [9.17, 15) is 18.0 Å². The third-order valence-electron chi connectivity index (χ3n) is 3.16. The molecule has 1 atom stereocenters. The monoisotopic (exact) mass is 257 g/mol. The Balaban J connectivity index is 2.10. The van der Waals surface area contributed by atoms with Gasteiger partial charge in [-0.15, -0.1) is 0 Å². The van der Waals surface area contributed by atoms with Crippen LogP contribution < -0.4 is 5.73 Å². The van der Waals surface area contributed by atoms with Crippen LogP contribution in [0.2, 0.25) is 0 Å². The molecule has 2 rings (SSSR count). The first-order chi connectivity index (χ1) is 8.38. The smallest absolute Gasteiger partial charge is 0.327 e. The average Bonchev–Trinajstić information content (AvgIpc) is 3.11. The fourth-order valence-corrected chi connectivity index (χ4v) is 1.89. The molecule has 2 nitrogen and oxygen atoms in total. The third kappa shape index (κ3) is 3.10. The van der Waals surface area contributed by atoms with Crippen LogP contribution in [0, 0.1) is 5.92 Å². The molecule has 0 saturated heterocycles. The van der Waals surface area contributed by atoms with Crippen LogP contribution in [0.1, 0.15) is 35.2 Å². The van der Waals surface area contributed by atoms with Crippen LogP contribution in [0.4, 0.5) is 13.2 Å². The Labute approximate surface area is 103 Å². The summed E-state index contributed by atoms with van der Waals surface area (Å²) in [6.07, 6.45) is -2.28. The van der Waals surface area contributed by atoms with Crippen molar-refractivity contribution >= 4 is 5.78 Å². The van der Waals surface area contributed by atoms with Gasteiger partial charge in [0.05, 0.1) is 5.56 Å². The zero-order valence-electron chi connectivity index (χ0n) is 9.70. The van der Waals surface area contributed by atoms with Crippen LogP contribution in [0.3, 0.4) is 0 Å². The summed E-state index contributed by atoms with van der Waals surface area (Å²) in [6, 6.07) is 4.27. The molecule has 1 aromatic carbocycles. The minimum Gasteiger partial charge on any atom is -0.327 e. The van der Waals surface area contributed by atoms with Gasteiger partial charge in [-0.05, 0) is 30.9 Å². The summed E-state index contributed by atoms with van der Waals surface area (Å²) >= 11 is 0. The number of hydrogen-bond donors (Lipinski definition) is 1. The van der Waals surface area contributed by atoms with E-state index in [4.69, 9.17) is 5.73 Å². The number of rotatable bonds is 4. The van der Waals surface area contributed by atoms with Crippen molar-refractivity contribution in [2.24, 2.45) is 11.7 Å². The van der Waals surface area contributed by atoms with E-state index < -0.39 is 11.7 Å². The molecule has 0 heterocycles. The number of Topliss-reactive ketones (excluding diaryl/α,β-unsaturated/α-hetero) is 1. The predicted molar refractivity (Wildman–Crippen MR) is 61.1 cm³/mol. The van der Waals surface area contributed by atoms with Crippen LogP contribution in [0.25, 0.3) is 0 Å². The topological polar surface area (TPSA) is 43.1 Å². The largest absolute Gasteiger partial charge is 0.416 e. The summed E-state index contributed by atoms with van der Waals surface area (Å²) < 4.78 is 37.5. The zero-order valence-corrected chi connectivity index (χ0v) is 9.70. The molecular formula is C13H14F3NO. The van der Waals surface area contributed by atoms with Gasteiger partial charge < -0.3 is 5.73 Å². The number of carbonyl (C=O) groups excluding carboxylic acids is 1. The molecule has 0 aliphatic heterocycles. The summed E-state index contributed by atoms with van der Waals surface area (Å²) in [5, 5.41) is 0. The highest BCUT2D eigenvalue weighted by atomic mass is 19.4. The highest BCUT2D eigenvalue weighted by molar-refractivity contribution is 5.96. The van der Waals surface area contributed by atoms with E-state index in [1.807, 2.05) is 0 Å². The quantitative estimate of drug-likeness (QED) is 0.842. The van der Waals surface area contributed by atoms with Crippen molar-refractivity contribution in [1.82, 2.24) is 0 Å². The number of alkyl halides is 3. The number of halogens is 3. The lowest BCUT2D eigenvalue weighted by Crippen LogP contribution is -2.26. The number of benzene rings is 1. The summed E-state index contributed by atoms with van der Waals surface area (Å²) in [5.74, 6) is 0.0419. The standard InChI is InChI=1S/C13H14F3NO/c14-13(15,16)10-3-1-2-9(6-10)12(18)7-11(17)8-4-5-8/h1-3,6,8,11H,4-5,7,17H2. The summed E-state index contributed by atoms with van der Waals surface area (Å²) in [7, 11) is 0. The van der Waals surface area contributed by atoms with Gasteiger partial charge in [0.15, 0.2) is 5.78 Å². The molecule has 5 heteroatoms. The minimum atomic E-state index is -4.42. The molecule has 1 fully saturated rings. The summed E-state index contributed by atoms with van der Waals surface area (Å²) in [6.45, 7) is 0. The van der Waals surface area contributed by atoms with Crippen LogP contribution >= 0.6 is 0 Å². The molecule has 1 unspecified atom stereocenters. The molecular weight excluding hydrogens is 243 g/mol. The number of hydrogen-bond acceptors (Lipinski definition) is 2. The summed E-state index contributed by atoms with van der Waals surface area (Å²) in [5.41, 5.74) is 5.08. The Morgan fingerprint density at radius 3 is 2.61 bits per heavy atom. The van der Waals surface area contributed by atoms with Crippen molar-refractivity contribution in [1.29, 1.82) is 0 Å². The van der Waals surface area contributed by atoms with E-state index in [1.165, 1.54) is 12.1 Å². The highest BCUT2D eigenvalue weighted by Gasteiger charge is 2.32. The van der Waals surface area contributed by atoms with Gasteiger partial charge in [-0.3, -0.25) is 4.79 Å². The molecule has 1 aromatic rings. The van der Waals surface area contributed by atoms with E-state index in [2.05, 4.69) is 0 Å². The maximum Gasteiger partial charge on any atom is 0.416 e. The molecule has 18 heavy (non-hydrogen) atoms. The molecule has 98 valence electrons. The lowest BCUT2D eigenvalue weighted by atomic mass is 10.00. The second kappa shape index (κ2) is 4.72. The number of ketones is 1. The van der Waals surface area contributed by atoms with Gasteiger partial charge in [0, 0.05) is 18.0 Å². The van der Waals surface area contributed by atoms with Crippen molar-refractivity contribution in [3.05, 3.63) is 35.4 Å². The van der Waals surface area contributed by atoms with E-state index in [0.29, 0.717) is 5.92 Å². The Hall–Kier alpha value is -1.36. The fourth-order valence-electron chi connectivity index (χ4n) is 1.89. The van der Waals surface area contributed by atoms with Crippen molar-refractivity contribution < 1.29 is 18.0 Å². The van der Waals surface area contributed by atoms with Gasteiger partial charge in [0.1, 0.15) is 0 Å². The van der Waals surface area contributed by atoms with E-state index in [0.717, 1.165) is 25.0 Å². The Kier molecular flexibility index (Phi) is 3.43. The highest BCUT2D eigenvalue weighted by Crippen LogP contribution is 2.34. The van der Waals surface area contributed by atoms with Gasteiger partial charge in [0.25, 0.3) is 0 Å². The molecule has 1 aliphatic rings. The van der Waals surface area contributed by atoms with Crippen LogP contribution in [0.5, 0.6) is 0 Å². The second-order valence-corrected chi connectivity index (χ2v) is 4.71. The molecule has 1 saturated carbocycles. The van der Waals surface area contributed by atoms with E-state index in [1.54, 1.807) is 0 Å². The fraction of sp³-hybridized carbons (Fsp3) is 0.462. The van der Waals surface area contributed by atoms with Crippen molar-refractivity contribution in [3.8, 4) is 0 Å². The Bertz CT molecular complexity index is 452. The molecule has 0 amide bonds. The average molecular weight is 257 g/mol. The lowest BCUT2D eigenvalue weighted by Gasteiger charge is -2.11. The van der Waals surface area contributed by atoms with Gasteiger partial charge in [-0.25, -0.2) is 0 Å². The molecule has 0 aromatic heterocycles. The lowest BCUT2D eigenvalue weighted by molar-refractivity contribution is -0.137. The zero-order chi connectivity index (χ0) is 13.3.